The van der Waals surface area contributed by atoms with Crippen molar-refractivity contribution in [1.82, 2.24) is 5.32 Å². The van der Waals surface area contributed by atoms with Gasteiger partial charge in [0.25, 0.3) is 0 Å². The fraction of sp³-hybridized carbons (Fsp3) is 0.462. The summed E-state index contributed by atoms with van der Waals surface area (Å²) in [6.07, 6.45) is 1.23. The number of phenols is 1. The molecule has 1 aromatic rings. The molecular formula is C13H19NO3. The first-order valence-electron chi connectivity index (χ1n) is 5.84. The number of aromatic hydroxyl groups is 1. The topological polar surface area (TPSA) is 69.6 Å². The highest BCUT2D eigenvalue weighted by Gasteiger charge is 2.05. The highest BCUT2D eigenvalue weighted by Crippen LogP contribution is 2.09. The Labute approximate surface area is 101 Å². The number of carbonyl (C=O) groups is 1. The van der Waals surface area contributed by atoms with Crippen LogP contribution in [0.25, 0.3) is 0 Å². The molecule has 0 aliphatic heterocycles. The van der Waals surface area contributed by atoms with E-state index in [2.05, 4.69) is 5.32 Å². The van der Waals surface area contributed by atoms with Gasteiger partial charge in [0, 0.05) is 6.54 Å². The van der Waals surface area contributed by atoms with Crippen LogP contribution in [0.3, 0.4) is 0 Å². The van der Waals surface area contributed by atoms with E-state index < -0.39 is 0 Å². The van der Waals surface area contributed by atoms with E-state index in [4.69, 9.17) is 5.11 Å². The van der Waals surface area contributed by atoms with E-state index in [1.807, 2.05) is 6.92 Å². The van der Waals surface area contributed by atoms with Crippen molar-refractivity contribution in [2.24, 2.45) is 0 Å². The van der Waals surface area contributed by atoms with Crippen LogP contribution in [0, 0.1) is 0 Å². The second-order valence-electron chi connectivity index (χ2n) is 4.04. The summed E-state index contributed by atoms with van der Waals surface area (Å²) in [5.41, 5.74) is 0.858. The molecule has 0 aliphatic rings. The zero-order valence-electron chi connectivity index (χ0n) is 10.0. The molecule has 94 valence electrons. The Hall–Kier alpha value is -1.55. The summed E-state index contributed by atoms with van der Waals surface area (Å²) in [6.45, 7) is 2.40. The van der Waals surface area contributed by atoms with Crippen molar-refractivity contribution < 1.29 is 15.0 Å². The van der Waals surface area contributed by atoms with Crippen LogP contribution in [-0.4, -0.2) is 28.8 Å². The summed E-state index contributed by atoms with van der Waals surface area (Å²) in [5.74, 6) is 0.124. The molecule has 1 amide bonds. The molecule has 0 bridgehead atoms. The minimum absolute atomic E-state index is 0.0704. The van der Waals surface area contributed by atoms with Gasteiger partial charge in [0.15, 0.2) is 0 Å². The standard InChI is InChI=1S/C13H19NO3/c1-2-11(15)7-8-14-13(17)9-10-3-5-12(16)6-4-10/h3-6,11,15-16H,2,7-9H2,1H3,(H,14,17). The number of aliphatic hydroxyl groups is 1. The van der Waals surface area contributed by atoms with Crippen LogP contribution in [0.15, 0.2) is 24.3 Å². The monoisotopic (exact) mass is 237 g/mol. The Bertz CT molecular complexity index is 348. The fourth-order valence-corrected chi connectivity index (χ4v) is 1.44. The van der Waals surface area contributed by atoms with Crippen LogP contribution in [0.2, 0.25) is 0 Å². The predicted molar refractivity (Wildman–Crippen MR) is 65.7 cm³/mol. The van der Waals surface area contributed by atoms with Crippen LogP contribution in [-0.2, 0) is 11.2 Å². The van der Waals surface area contributed by atoms with Gasteiger partial charge in [-0.2, -0.15) is 0 Å². The van der Waals surface area contributed by atoms with E-state index in [1.54, 1.807) is 24.3 Å². The van der Waals surface area contributed by atoms with Gasteiger partial charge >= 0.3 is 0 Å². The maximum Gasteiger partial charge on any atom is 0.224 e. The summed E-state index contributed by atoms with van der Waals surface area (Å²) >= 11 is 0. The summed E-state index contributed by atoms with van der Waals surface area (Å²) in [7, 11) is 0. The highest BCUT2D eigenvalue weighted by atomic mass is 16.3. The van der Waals surface area contributed by atoms with E-state index in [9.17, 15) is 9.90 Å². The molecule has 1 rings (SSSR count). The Morgan fingerprint density at radius 3 is 2.59 bits per heavy atom. The van der Waals surface area contributed by atoms with Gasteiger partial charge in [0.1, 0.15) is 5.75 Å². The third kappa shape index (κ3) is 5.36. The third-order valence-corrected chi connectivity index (χ3v) is 2.57. The molecule has 0 spiro atoms. The lowest BCUT2D eigenvalue weighted by atomic mass is 10.1. The van der Waals surface area contributed by atoms with Gasteiger partial charge in [-0.25, -0.2) is 0 Å². The quantitative estimate of drug-likeness (QED) is 0.696. The van der Waals surface area contributed by atoms with Crippen molar-refractivity contribution in [1.29, 1.82) is 0 Å². The lowest BCUT2D eigenvalue weighted by Crippen LogP contribution is -2.28. The summed E-state index contributed by atoms with van der Waals surface area (Å²) in [6, 6.07) is 6.55. The first-order chi connectivity index (χ1) is 8.11. The normalized spacial score (nSPS) is 12.1. The van der Waals surface area contributed by atoms with Crippen molar-refractivity contribution >= 4 is 5.91 Å². The van der Waals surface area contributed by atoms with Crippen LogP contribution < -0.4 is 5.32 Å². The maximum atomic E-state index is 11.5. The van der Waals surface area contributed by atoms with E-state index in [-0.39, 0.29) is 17.8 Å². The molecule has 4 heteroatoms. The van der Waals surface area contributed by atoms with Gasteiger partial charge in [-0.1, -0.05) is 19.1 Å². The smallest absolute Gasteiger partial charge is 0.224 e. The minimum atomic E-state index is -0.344. The molecule has 0 heterocycles. The highest BCUT2D eigenvalue weighted by molar-refractivity contribution is 5.78. The zero-order valence-corrected chi connectivity index (χ0v) is 10.0. The van der Waals surface area contributed by atoms with Gasteiger partial charge in [-0.05, 0) is 30.5 Å². The molecule has 1 unspecified atom stereocenters. The number of amides is 1. The minimum Gasteiger partial charge on any atom is -0.508 e. The fourth-order valence-electron chi connectivity index (χ4n) is 1.44. The second-order valence-corrected chi connectivity index (χ2v) is 4.04. The van der Waals surface area contributed by atoms with E-state index in [0.717, 1.165) is 5.56 Å². The molecule has 17 heavy (non-hydrogen) atoms. The number of benzene rings is 1. The molecule has 0 aliphatic carbocycles. The van der Waals surface area contributed by atoms with Crippen LogP contribution >= 0.6 is 0 Å². The lowest BCUT2D eigenvalue weighted by Gasteiger charge is -2.08. The van der Waals surface area contributed by atoms with Crippen LogP contribution in [0.1, 0.15) is 25.3 Å². The molecule has 1 aromatic carbocycles. The van der Waals surface area contributed by atoms with Crippen molar-refractivity contribution in [3.63, 3.8) is 0 Å². The van der Waals surface area contributed by atoms with E-state index >= 15 is 0 Å². The number of aliphatic hydroxyl groups excluding tert-OH is 1. The Balaban J connectivity index is 2.27. The molecule has 0 fully saturated rings. The Kier molecular flexibility index (Phi) is 5.49. The van der Waals surface area contributed by atoms with Crippen molar-refractivity contribution in [2.75, 3.05) is 6.54 Å². The van der Waals surface area contributed by atoms with Crippen molar-refractivity contribution in [3.8, 4) is 5.75 Å². The largest absolute Gasteiger partial charge is 0.508 e. The SMILES string of the molecule is CCC(O)CCNC(=O)Cc1ccc(O)cc1. The molecule has 0 saturated carbocycles. The van der Waals surface area contributed by atoms with Gasteiger partial charge < -0.3 is 15.5 Å². The molecule has 4 nitrogen and oxygen atoms in total. The number of hydrogen-bond donors (Lipinski definition) is 3. The first kappa shape index (κ1) is 13.5. The average molecular weight is 237 g/mol. The molecule has 3 N–H and O–H groups in total. The number of carbonyl (C=O) groups excluding carboxylic acids is 1. The van der Waals surface area contributed by atoms with Gasteiger partial charge in [-0.15, -0.1) is 0 Å². The third-order valence-electron chi connectivity index (χ3n) is 2.57. The van der Waals surface area contributed by atoms with Crippen LogP contribution in [0.4, 0.5) is 0 Å². The van der Waals surface area contributed by atoms with Gasteiger partial charge in [-0.3, -0.25) is 4.79 Å². The Morgan fingerprint density at radius 2 is 2.00 bits per heavy atom. The Morgan fingerprint density at radius 1 is 1.35 bits per heavy atom. The summed E-state index contributed by atoms with van der Waals surface area (Å²) in [5, 5.41) is 21.2. The lowest BCUT2D eigenvalue weighted by molar-refractivity contribution is -0.120. The van der Waals surface area contributed by atoms with E-state index in [0.29, 0.717) is 25.8 Å². The maximum absolute atomic E-state index is 11.5. The van der Waals surface area contributed by atoms with Crippen molar-refractivity contribution in [2.45, 2.75) is 32.3 Å². The zero-order chi connectivity index (χ0) is 12.7. The summed E-state index contributed by atoms with van der Waals surface area (Å²) in [4.78, 5) is 11.5. The summed E-state index contributed by atoms with van der Waals surface area (Å²) < 4.78 is 0. The number of rotatable bonds is 6. The van der Waals surface area contributed by atoms with Crippen LogP contribution in [0.5, 0.6) is 5.75 Å². The second kappa shape index (κ2) is 6.91. The molecule has 0 saturated heterocycles. The van der Waals surface area contributed by atoms with Gasteiger partial charge in [0.05, 0.1) is 12.5 Å². The predicted octanol–water partition coefficient (Wildman–Crippen LogP) is 1.21. The number of hydrogen-bond acceptors (Lipinski definition) is 3. The molecular weight excluding hydrogens is 218 g/mol. The molecule has 0 aromatic heterocycles. The molecule has 1 atom stereocenters. The van der Waals surface area contributed by atoms with Gasteiger partial charge in [0.2, 0.25) is 5.91 Å². The van der Waals surface area contributed by atoms with E-state index in [1.165, 1.54) is 0 Å². The average Bonchev–Trinajstić information content (AvgIpc) is 2.32. The first-order valence-corrected chi connectivity index (χ1v) is 5.84. The molecule has 0 radical (unpaired) electrons. The number of nitrogens with one attached hydrogen (secondary N) is 1. The number of phenolic OH excluding ortho intramolecular Hbond substituents is 1. The van der Waals surface area contributed by atoms with Crippen molar-refractivity contribution in [3.05, 3.63) is 29.8 Å².